The molecule has 11 nitrogen and oxygen atoms in total. The molecule has 0 heterocycles. The molecule has 0 aromatic heterocycles. The smallest absolute Gasteiger partial charge is 0.217 e. The van der Waals surface area contributed by atoms with E-state index in [9.17, 15) is 31.0 Å². The van der Waals surface area contributed by atoms with Crippen molar-refractivity contribution < 1.29 is 43.9 Å². The van der Waals surface area contributed by atoms with Crippen molar-refractivity contribution in [3.63, 3.8) is 0 Å². The summed E-state index contributed by atoms with van der Waals surface area (Å²) in [6, 6.07) is 0. The van der Waals surface area contributed by atoms with Crippen LogP contribution in [0.2, 0.25) is 0 Å². The van der Waals surface area contributed by atoms with Gasteiger partial charge in [-0.15, -0.1) is 0 Å². The highest BCUT2D eigenvalue weighted by Gasteiger charge is 2.19. The van der Waals surface area contributed by atoms with Crippen molar-refractivity contribution in [3.05, 3.63) is 0 Å². The topological polar surface area (TPSA) is 190 Å². The van der Waals surface area contributed by atoms with E-state index in [1.165, 1.54) is 167 Å². The molecule has 0 saturated carbocycles. The first-order chi connectivity index (χ1) is 21.3. The number of quaternary nitrogens is 2. The van der Waals surface area contributed by atoms with Gasteiger partial charge in [0.05, 0.1) is 41.0 Å². The Morgan fingerprint density at radius 2 is 0.674 bits per heavy atom. The molecule has 0 aromatic rings. The van der Waals surface area contributed by atoms with Crippen LogP contribution in [0.4, 0.5) is 0 Å². The van der Waals surface area contributed by atoms with Gasteiger partial charge in [-0.05, 0) is 25.7 Å². The van der Waals surface area contributed by atoms with Crippen molar-refractivity contribution in [1.82, 2.24) is 6.15 Å². The van der Waals surface area contributed by atoms with Gasteiger partial charge < -0.3 is 24.8 Å². The Hall–Kier alpha value is -0.380. The molecule has 0 aliphatic heterocycles. The number of aliphatic hydroxyl groups excluding tert-OH is 1. The van der Waals surface area contributed by atoms with Gasteiger partial charge in [-0.2, -0.15) is 0 Å². The molecular weight excluding hydrogens is 633 g/mol. The fourth-order valence-electron chi connectivity index (χ4n) is 5.25. The standard InChI is InChI=1S/C31H66NO.2CH4O4S.H3N/c1-4-6-8-10-12-14-16-18-20-22-24-26-28-32(3,30-31-33)29-27-25-23-21-19-17-15-13-11-9-7-5-2;2*1-5-6(2,3)4;/h33H,4-31H2,1-3H3;2*1H3,(H,2,3,4);1H3/q+1;;;/p-1. The zero-order valence-electron chi connectivity index (χ0n) is 30.8. The Morgan fingerprint density at radius 1 is 0.478 bits per heavy atom. The van der Waals surface area contributed by atoms with Gasteiger partial charge in [0.15, 0.2) is 0 Å². The van der Waals surface area contributed by atoms with Crippen molar-refractivity contribution in [3.8, 4) is 0 Å². The molecule has 0 amide bonds. The molecule has 13 heteroatoms. The van der Waals surface area contributed by atoms with E-state index in [0.717, 1.165) is 25.2 Å². The van der Waals surface area contributed by atoms with E-state index in [-0.39, 0.29) is 6.15 Å². The van der Waals surface area contributed by atoms with Gasteiger partial charge in [0.25, 0.3) is 0 Å². The van der Waals surface area contributed by atoms with Crippen molar-refractivity contribution in [2.24, 2.45) is 0 Å². The molecule has 284 valence electrons. The monoisotopic (exact) mass is 708 g/mol. The Kier molecular flexibility index (Phi) is 42.7. The third-order valence-electron chi connectivity index (χ3n) is 8.15. The summed E-state index contributed by atoms with van der Waals surface area (Å²) in [7, 11) is -4.83. The molecular formula is C33H76N2O9S2. The Bertz CT molecular complexity index is 739. The molecule has 0 bridgehead atoms. The molecule has 0 aliphatic carbocycles. The van der Waals surface area contributed by atoms with Crippen LogP contribution in [0.25, 0.3) is 0 Å². The summed E-state index contributed by atoms with van der Waals surface area (Å²) in [6.45, 7) is 8.39. The first-order valence-electron chi connectivity index (χ1n) is 17.8. The zero-order valence-corrected chi connectivity index (χ0v) is 32.4. The van der Waals surface area contributed by atoms with Gasteiger partial charge in [0.1, 0.15) is 6.54 Å². The van der Waals surface area contributed by atoms with Crippen molar-refractivity contribution in [2.45, 2.75) is 168 Å². The Labute approximate surface area is 285 Å². The lowest BCUT2D eigenvalue weighted by molar-refractivity contribution is -0.910. The molecule has 0 atom stereocenters. The van der Waals surface area contributed by atoms with E-state index >= 15 is 0 Å². The normalized spacial score (nSPS) is 11.7. The van der Waals surface area contributed by atoms with Crippen LogP contribution in [0.5, 0.6) is 0 Å². The number of likely N-dealkylation sites (N-methyl/N-ethyl adjacent to an activating group) is 1. The summed E-state index contributed by atoms with van der Waals surface area (Å²) in [5.74, 6) is 0. The molecule has 0 unspecified atom stereocenters. The second-order valence-corrected chi connectivity index (χ2v) is 14.7. The van der Waals surface area contributed by atoms with E-state index in [1.807, 2.05) is 0 Å². The fourth-order valence-corrected chi connectivity index (χ4v) is 5.25. The molecule has 0 aliphatic rings. The summed E-state index contributed by atoms with van der Waals surface area (Å²) in [6.07, 6.45) is 34.1. The molecule has 0 aromatic carbocycles. The van der Waals surface area contributed by atoms with Crippen LogP contribution in [0.3, 0.4) is 0 Å². The van der Waals surface area contributed by atoms with E-state index in [0.29, 0.717) is 6.61 Å². The predicted molar refractivity (Wildman–Crippen MR) is 189 cm³/mol. The second-order valence-electron chi connectivity index (χ2n) is 12.4. The maximum Gasteiger partial charge on any atom is 0.217 e. The second kappa shape index (κ2) is 37.4. The van der Waals surface area contributed by atoms with E-state index in [4.69, 9.17) is 0 Å². The molecule has 46 heavy (non-hydrogen) atoms. The van der Waals surface area contributed by atoms with Gasteiger partial charge in [-0.3, -0.25) is 8.37 Å². The van der Waals surface area contributed by atoms with Crippen molar-refractivity contribution in [2.75, 3.05) is 47.5 Å². The molecule has 0 spiro atoms. The number of hydrogen-bond acceptors (Lipinski definition) is 9. The van der Waals surface area contributed by atoms with E-state index < -0.39 is 20.8 Å². The minimum Gasteiger partial charge on any atom is -0.726 e. The summed E-state index contributed by atoms with van der Waals surface area (Å²) in [5.41, 5.74) is 0. The Balaban J connectivity index is -0.000000569. The lowest BCUT2D eigenvalue weighted by Crippen LogP contribution is -2.47. The highest BCUT2D eigenvalue weighted by Crippen LogP contribution is 2.16. The molecule has 0 rings (SSSR count). The summed E-state index contributed by atoms with van der Waals surface area (Å²) in [5, 5.41) is 9.57. The number of hydrogen-bond donors (Lipinski definition) is 2. The predicted octanol–water partition coefficient (Wildman–Crippen LogP) is 8.39. The van der Waals surface area contributed by atoms with Crippen molar-refractivity contribution >= 4 is 20.8 Å². The maximum absolute atomic E-state index is 9.57. The average Bonchev–Trinajstić information content (AvgIpc) is 2.98. The van der Waals surface area contributed by atoms with Crippen LogP contribution in [0.15, 0.2) is 0 Å². The summed E-state index contributed by atoms with van der Waals surface area (Å²) < 4.78 is 63.1. The SMILES string of the molecule is CCCCCCCCCCCCCC[N+](C)(CCO)CCCCCCCCCCCCCC.COS(=O)(=O)[O-].COS(=O)(=O)[O-].[NH4+]. The average molecular weight is 709 g/mol. The summed E-state index contributed by atoms with van der Waals surface area (Å²) >= 11 is 0. The zero-order chi connectivity index (χ0) is 34.7. The highest BCUT2D eigenvalue weighted by atomic mass is 32.3. The fraction of sp³-hybridized carbons (Fsp3) is 1.00. The highest BCUT2D eigenvalue weighted by molar-refractivity contribution is 7.81. The first kappa shape index (κ1) is 52.4. The first-order valence-corrected chi connectivity index (χ1v) is 20.4. The van der Waals surface area contributed by atoms with Crippen LogP contribution in [0.1, 0.15) is 168 Å². The third-order valence-corrected chi connectivity index (χ3v) is 8.97. The van der Waals surface area contributed by atoms with Crippen LogP contribution in [0, 0.1) is 0 Å². The molecule has 0 radical (unpaired) electrons. The number of nitrogens with zero attached hydrogens (tertiary/aromatic N) is 1. The van der Waals surface area contributed by atoms with E-state index in [1.54, 1.807) is 0 Å². The minimum atomic E-state index is -4.41. The third kappa shape index (κ3) is 50.5. The maximum atomic E-state index is 9.57. The largest absolute Gasteiger partial charge is 0.726 e. The number of rotatable bonds is 30. The van der Waals surface area contributed by atoms with E-state index in [2.05, 4.69) is 29.3 Å². The van der Waals surface area contributed by atoms with Gasteiger partial charge >= 0.3 is 0 Å². The molecule has 5 N–H and O–H groups in total. The number of aliphatic hydroxyl groups is 1. The number of unbranched alkanes of at least 4 members (excludes halogenated alkanes) is 22. The van der Waals surface area contributed by atoms with Crippen LogP contribution >= 0.6 is 0 Å². The molecule has 0 saturated heterocycles. The van der Waals surface area contributed by atoms with Crippen LogP contribution < -0.4 is 6.15 Å². The van der Waals surface area contributed by atoms with Gasteiger partial charge in [-0.1, -0.05) is 142 Å². The lowest BCUT2D eigenvalue weighted by Gasteiger charge is -2.34. The minimum absolute atomic E-state index is 0. The van der Waals surface area contributed by atoms with Crippen LogP contribution in [-0.4, -0.2) is 83.0 Å². The van der Waals surface area contributed by atoms with Gasteiger partial charge in [0.2, 0.25) is 20.8 Å². The molecule has 0 fully saturated rings. The van der Waals surface area contributed by atoms with Crippen LogP contribution in [-0.2, 0) is 29.2 Å². The van der Waals surface area contributed by atoms with Gasteiger partial charge in [0, 0.05) is 0 Å². The van der Waals surface area contributed by atoms with Crippen molar-refractivity contribution in [1.29, 1.82) is 0 Å². The Morgan fingerprint density at radius 3 is 0.848 bits per heavy atom. The van der Waals surface area contributed by atoms with Gasteiger partial charge in [-0.25, -0.2) is 16.8 Å². The lowest BCUT2D eigenvalue weighted by atomic mass is 10.0. The summed E-state index contributed by atoms with van der Waals surface area (Å²) in [4.78, 5) is 0. The quantitative estimate of drug-likeness (QED) is 0.0319.